The van der Waals surface area contributed by atoms with Crippen molar-refractivity contribution in [2.75, 3.05) is 24.7 Å². The Labute approximate surface area is 164 Å². The SMILES string of the molecule is CCCN(C(=O)COC(=O)Cc1coc2cc(C)ccc12)[C@@H]1CCS(=O)(=O)C1. The topological polar surface area (TPSA) is 93.9 Å². The summed E-state index contributed by atoms with van der Waals surface area (Å²) in [5.74, 6) is -0.803. The number of amides is 1. The molecule has 0 saturated carbocycles. The highest BCUT2D eigenvalue weighted by Gasteiger charge is 2.34. The van der Waals surface area contributed by atoms with Gasteiger partial charge >= 0.3 is 5.97 Å². The number of carbonyl (C=O) groups excluding carboxylic acids is 2. The molecule has 152 valence electrons. The summed E-state index contributed by atoms with van der Waals surface area (Å²) in [6.07, 6.45) is 2.67. The molecule has 2 heterocycles. The number of hydrogen-bond acceptors (Lipinski definition) is 6. The van der Waals surface area contributed by atoms with E-state index in [2.05, 4.69) is 0 Å². The molecule has 8 heteroatoms. The van der Waals surface area contributed by atoms with Crippen molar-refractivity contribution in [3.05, 3.63) is 35.6 Å². The standard InChI is InChI=1S/C20H25NO6S/c1-3-7-21(16-6-8-28(24,25)13-16)19(22)12-27-20(23)10-15-11-26-18-9-14(2)4-5-17(15)18/h4-5,9,11,16H,3,6-8,10,12-13H2,1-2H3/t16-/m1/s1. The number of furan rings is 1. The summed E-state index contributed by atoms with van der Waals surface area (Å²) in [6.45, 7) is 3.94. The third-order valence-corrected chi connectivity index (χ3v) is 6.69. The van der Waals surface area contributed by atoms with Crippen LogP contribution in [0.1, 0.15) is 30.9 Å². The van der Waals surface area contributed by atoms with E-state index in [-0.39, 0.29) is 36.5 Å². The van der Waals surface area contributed by atoms with E-state index < -0.39 is 15.8 Å². The van der Waals surface area contributed by atoms with Crippen molar-refractivity contribution in [2.24, 2.45) is 0 Å². The number of benzene rings is 1. The number of sulfone groups is 1. The molecule has 1 amide bonds. The molecule has 1 atom stereocenters. The van der Waals surface area contributed by atoms with E-state index in [4.69, 9.17) is 9.15 Å². The second-order valence-corrected chi connectivity index (χ2v) is 9.47. The number of nitrogens with zero attached hydrogens (tertiary/aromatic N) is 1. The van der Waals surface area contributed by atoms with E-state index >= 15 is 0 Å². The van der Waals surface area contributed by atoms with Crippen LogP contribution >= 0.6 is 0 Å². The molecule has 28 heavy (non-hydrogen) atoms. The molecule has 0 radical (unpaired) electrons. The first kappa shape index (κ1) is 20.4. The molecule has 1 aromatic heterocycles. The van der Waals surface area contributed by atoms with E-state index in [0.717, 1.165) is 10.9 Å². The molecule has 7 nitrogen and oxygen atoms in total. The van der Waals surface area contributed by atoms with Crippen molar-refractivity contribution < 1.29 is 27.2 Å². The Balaban J connectivity index is 1.58. The number of rotatable bonds is 7. The van der Waals surface area contributed by atoms with Gasteiger partial charge in [0.1, 0.15) is 5.58 Å². The maximum absolute atomic E-state index is 12.5. The highest BCUT2D eigenvalue weighted by molar-refractivity contribution is 7.91. The van der Waals surface area contributed by atoms with Gasteiger partial charge in [0.05, 0.1) is 24.2 Å². The smallest absolute Gasteiger partial charge is 0.310 e. The lowest BCUT2D eigenvalue weighted by atomic mass is 10.1. The second kappa shape index (κ2) is 8.34. The largest absolute Gasteiger partial charge is 0.464 e. The maximum atomic E-state index is 12.5. The Morgan fingerprint density at radius 1 is 1.32 bits per heavy atom. The van der Waals surface area contributed by atoms with Crippen molar-refractivity contribution in [1.82, 2.24) is 4.90 Å². The van der Waals surface area contributed by atoms with Gasteiger partial charge in [-0.2, -0.15) is 0 Å². The Hall–Kier alpha value is -2.35. The van der Waals surface area contributed by atoms with Crippen molar-refractivity contribution >= 4 is 32.7 Å². The Bertz CT molecular complexity index is 978. The molecule has 1 saturated heterocycles. The van der Waals surface area contributed by atoms with Gasteiger partial charge < -0.3 is 14.1 Å². The molecule has 1 fully saturated rings. The number of hydrogen-bond donors (Lipinski definition) is 0. The molecule has 3 rings (SSSR count). The van der Waals surface area contributed by atoms with Gasteiger partial charge in [-0.25, -0.2) is 8.42 Å². The molecule has 1 aliphatic heterocycles. The Morgan fingerprint density at radius 3 is 2.79 bits per heavy atom. The molecule has 0 unspecified atom stereocenters. The number of fused-ring (bicyclic) bond motifs is 1. The average molecular weight is 407 g/mol. The quantitative estimate of drug-likeness (QED) is 0.654. The van der Waals surface area contributed by atoms with Crippen LogP contribution in [0.5, 0.6) is 0 Å². The van der Waals surface area contributed by atoms with E-state index in [1.165, 1.54) is 11.2 Å². The van der Waals surface area contributed by atoms with Gasteiger partial charge in [0.2, 0.25) is 0 Å². The maximum Gasteiger partial charge on any atom is 0.310 e. The zero-order valence-electron chi connectivity index (χ0n) is 16.1. The minimum absolute atomic E-state index is 0.00886. The molecular formula is C20H25NO6S. The van der Waals surface area contributed by atoms with Crippen LogP contribution in [0, 0.1) is 6.92 Å². The van der Waals surface area contributed by atoms with Gasteiger partial charge in [0.15, 0.2) is 16.4 Å². The van der Waals surface area contributed by atoms with Crippen LogP contribution in [0.4, 0.5) is 0 Å². The monoisotopic (exact) mass is 407 g/mol. The van der Waals surface area contributed by atoms with Crippen molar-refractivity contribution in [3.8, 4) is 0 Å². The van der Waals surface area contributed by atoms with E-state index in [1.807, 2.05) is 32.0 Å². The lowest BCUT2D eigenvalue weighted by molar-refractivity contribution is -0.152. The minimum Gasteiger partial charge on any atom is -0.464 e. The predicted molar refractivity (Wildman–Crippen MR) is 105 cm³/mol. The summed E-state index contributed by atoms with van der Waals surface area (Å²) >= 11 is 0. The number of esters is 1. The first-order chi connectivity index (χ1) is 13.3. The summed E-state index contributed by atoms with van der Waals surface area (Å²) in [4.78, 5) is 26.3. The molecule has 0 spiro atoms. The summed E-state index contributed by atoms with van der Waals surface area (Å²) in [5.41, 5.74) is 2.47. The summed E-state index contributed by atoms with van der Waals surface area (Å²) in [5, 5.41) is 0.845. The van der Waals surface area contributed by atoms with Crippen LogP contribution in [0.25, 0.3) is 11.0 Å². The molecule has 0 bridgehead atoms. The number of ether oxygens (including phenoxy) is 1. The average Bonchev–Trinajstić information content (AvgIpc) is 3.20. The van der Waals surface area contributed by atoms with E-state index in [0.29, 0.717) is 30.5 Å². The molecular weight excluding hydrogens is 382 g/mol. The summed E-state index contributed by atoms with van der Waals surface area (Å²) < 4.78 is 34.1. The van der Waals surface area contributed by atoms with Crippen LogP contribution in [-0.2, 0) is 30.6 Å². The zero-order chi connectivity index (χ0) is 20.3. The fourth-order valence-corrected chi connectivity index (χ4v) is 5.26. The van der Waals surface area contributed by atoms with Gasteiger partial charge in [-0.05, 0) is 31.4 Å². The van der Waals surface area contributed by atoms with E-state index in [1.54, 1.807) is 0 Å². The van der Waals surface area contributed by atoms with E-state index in [9.17, 15) is 18.0 Å². The van der Waals surface area contributed by atoms with Crippen LogP contribution in [0.2, 0.25) is 0 Å². The first-order valence-electron chi connectivity index (χ1n) is 9.41. The predicted octanol–water partition coefficient (Wildman–Crippen LogP) is 2.25. The Morgan fingerprint density at radius 2 is 2.11 bits per heavy atom. The highest BCUT2D eigenvalue weighted by atomic mass is 32.2. The Kier molecular flexibility index (Phi) is 6.07. The number of aryl methyl sites for hydroxylation is 1. The summed E-state index contributed by atoms with van der Waals surface area (Å²) in [7, 11) is -3.09. The van der Waals surface area contributed by atoms with Gasteiger partial charge in [-0.1, -0.05) is 19.1 Å². The normalized spacial score (nSPS) is 18.3. The zero-order valence-corrected chi connectivity index (χ0v) is 17.0. The third kappa shape index (κ3) is 4.73. The minimum atomic E-state index is -3.09. The lowest BCUT2D eigenvalue weighted by Gasteiger charge is -2.27. The van der Waals surface area contributed by atoms with Crippen LogP contribution in [0.15, 0.2) is 28.9 Å². The second-order valence-electron chi connectivity index (χ2n) is 7.24. The molecule has 2 aromatic rings. The van der Waals surface area contributed by atoms with Crippen molar-refractivity contribution in [3.63, 3.8) is 0 Å². The van der Waals surface area contributed by atoms with Gasteiger partial charge in [0.25, 0.3) is 5.91 Å². The van der Waals surface area contributed by atoms with Crippen LogP contribution in [-0.4, -0.2) is 55.9 Å². The van der Waals surface area contributed by atoms with Gasteiger partial charge in [-0.3, -0.25) is 9.59 Å². The first-order valence-corrected chi connectivity index (χ1v) is 11.2. The lowest BCUT2D eigenvalue weighted by Crippen LogP contribution is -2.43. The highest BCUT2D eigenvalue weighted by Crippen LogP contribution is 2.23. The fraction of sp³-hybridized carbons (Fsp3) is 0.500. The number of carbonyl (C=O) groups is 2. The molecule has 0 N–H and O–H groups in total. The summed E-state index contributed by atoms with van der Waals surface area (Å²) in [6, 6.07) is 5.39. The molecule has 1 aliphatic rings. The molecule has 1 aromatic carbocycles. The van der Waals surface area contributed by atoms with Crippen molar-refractivity contribution in [1.29, 1.82) is 0 Å². The fourth-order valence-electron chi connectivity index (χ4n) is 3.53. The van der Waals surface area contributed by atoms with Gasteiger partial charge in [0, 0.05) is 23.5 Å². The third-order valence-electron chi connectivity index (χ3n) is 4.94. The van der Waals surface area contributed by atoms with Crippen LogP contribution < -0.4 is 0 Å². The van der Waals surface area contributed by atoms with Gasteiger partial charge in [-0.15, -0.1) is 0 Å². The van der Waals surface area contributed by atoms with Crippen LogP contribution in [0.3, 0.4) is 0 Å². The van der Waals surface area contributed by atoms with Crippen molar-refractivity contribution in [2.45, 2.75) is 39.2 Å². The molecule has 0 aliphatic carbocycles.